The zero-order valence-corrected chi connectivity index (χ0v) is 11.1. The van der Waals surface area contributed by atoms with E-state index in [-0.39, 0.29) is 0 Å². The van der Waals surface area contributed by atoms with E-state index in [9.17, 15) is 0 Å². The molecule has 0 spiro atoms. The summed E-state index contributed by atoms with van der Waals surface area (Å²) < 4.78 is 1.91. The maximum atomic E-state index is 5.79. The van der Waals surface area contributed by atoms with E-state index in [1.54, 1.807) is 11.3 Å². The fourth-order valence-electron chi connectivity index (χ4n) is 2.22. The summed E-state index contributed by atoms with van der Waals surface area (Å²) in [6.07, 6.45) is 3.22. The number of hydrogen-bond acceptors (Lipinski definition) is 5. The van der Waals surface area contributed by atoms with Gasteiger partial charge in [0.05, 0.1) is 0 Å². The lowest BCUT2D eigenvalue weighted by Gasteiger charge is -1.98. The number of nitrogens with two attached hydrogens (primary N) is 1. The average Bonchev–Trinajstić information content (AvgIpc) is 3.02. The summed E-state index contributed by atoms with van der Waals surface area (Å²) in [6.45, 7) is 0. The van der Waals surface area contributed by atoms with Gasteiger partial charge in [0.2, 0.25) is 4.96 Å². The summed E-state index contributed by atoms with van der Waals surface area (Å²) in [4.78, 5) is 0.890. The van der Waals surface area contributed by atoms with Crippen molar-refractivity contribution in [3.05, 3.63) is 40.7 Å². The second kappa shape index (κ2) is 4.03. The maximum absolute atomic E-state index is 5.79. The van der Waals surface area contributed by atoms with Gasteiger partial charge in [-0.2, -0.15) is 9.61 Å². The lowest BCUT2D eigenvalue weighted by Crippen LogP contribution is -1.96. The van der Waals surface area contributed by atoms with Gasteiger partial charge in [-0.3, -0.25) is 0 Å². The molecule has 19 heavy (non-hydrogen) atoms. The van der Waals surface area contributed by atoms with Crippen LogP contribution in [0.3, 0.4) is 0 Å². The van der Waals surface area contributed by atoms with Crippen LogP contribution in [0.1, 0.15) is 35.2 Å². The first-order valence-electron chi connectivity index (χ1n) is 6.35. The van der Waals surface area contributed by atoms with E-state index in [0.717, 1.165) is 27.9 Å². The molecular formula is C13H13N5S. The zero-order chi connectivity index (χ0) is 12.8. The van der Waals surface area contributed by atoms with Crippen molar-refractivity contribution in [3.8, 4) is 0 Å². The van der Waals surface area contributed by atoms with Crippen LogP contribution in [0.25, 0.3) is 4.96 Å². The highest BCUT2D eigenvalue weighted by Crippen LogP contribution is 2.39. The summed E-state index contributed by atoms with van der Waals surface area (Å²) in [5.41, 5.74) is 7.76. The van der Waals surface area contributed by atoms with Gasteiger partial charge in [0.15, 0.2) is 5.82 Å². The van der Waals surface area contributed by atoms with Crippen LogP contribution in [-0.4, -0.2) is 19.8 Å². The standard InChI is InChI=1S/C13H13N5S/c14-10-3-1-2-8(6-10)7-11-17-18-12(9-4-5-9)15-16-13(18)19-11/h1-3,6,9H,4-5,7,14H2. The van der Waals surface area contributed by atoms with Crippen LogP contribution in [-0.2, 0) is 6.42 Å². The van der Waals surface area contributed by atoms with Crippen molar-refractivity contribution in [1.29, 1.82) is 0 Å². The van der Waals surface area contributed by atoms with E-state index >= 15 is 0 Å². The molecule has 6 heteroatoms. The molecule has 0 amide bonds. The lowest BCUT2D eigenvalue weighted by atomic mass is 10.1. The van der Waals surface area contributed by atoms with Crippen molar-refractivity contribution in [1.82, 2.24) is 19.8 Å². The summed E-state index contributed by atoms with van der Waals surface area (Å²) in [5, 5.41) is 14.1. The quantitative estimate of drug-likeness (QED) is 0.742. The molecule has 4 rings (SSSR count). The number of benzene rings is 1. The third-order valence-corrected chi connectivity index (χ3v) is 4.20. The Morgan fingerprint density at radius 2 is 2.21 bits per heavy atom. The number of aromatic nitrogens is 4. The normalized spacial score (nSPS) is 15.2. The number of rotatable bonds is 3. The monoisotopic (exact) mass is 271 g/mol. The highest BCUT2D eigenvalue weighted by atomic mass is 32.1. The molecule has 0 atom stereocenters. The molecule has 3 aromatic rings. The predicted molar refractivity (Wildman–Crippen MR) is 74.3 cm³/mol. The SMILES string of the molecule is Nc1cccc(Cc2nn3c(C4CC4)nnc3s2)c1. The third kappa shape index (κ3) is 1.98. The van der Waals surface area contributed by atoms with Crippen LogP contribution < -0.4 is 5.73 Å². The van der Waals surface area contributed by atoms with Gasteiger partial charge in [-0.15, -0.1) is 10.2 Å². The molecule has 1 fully saturated rings. The van der Waals surface area contributed by atoms with E-state index in [1.165, 1.54) is 18.4 Å². The molecule has 0 radical (unpaired) electrons. The van der Waals surface area contributed by atoms with Gasteiger partial charge in [0.1, 0.15) is 5.01 Å². The lowest BCUT2D eigenvalue weighted by molar-refractivity contribution is 0.809. The summed E-state index contributed by atoms with van der Waals surface area (Å²) in [6, 6.07) is 7.93. The van der Waals surface area contributed by atoms with Gasteiger partial charge < -0.3 is 5.73 Å². The van der Waals surface area contributed by atoms with Crippen molar-refractivity contribution in [2.24, 2.45) is 0 Å². The molecule has 1 aliphatic rings. The van der Waals surface area contributed by atoms with Crippen molar-refractivity contribution >= 4 is 22.0 Å². The molecule has 0 bridgehead atoms. The number of nitrogens with zero attached hydrogens (tertiary/aromatic N) is 4. The number of nitrogen functional groups attached to an aromatic ring is 1. The third-order valence-electron chi connectivity index (χ3n) is 3.31. The van der Waals surface area contributed by atoms with E-state index in [2.05, 4.69) is 21.4 Å². The van der Waals surface area contributed by atoms with E-state index in [4.69, 9.17) is 5.73 Å². The average molecular weight is 271 g/mol. The van der Waals surface area contributed by atoms with Gasteiger partial charge in [0.25, 0.3) is 0 Å². The molecule has 0 aliphatic heterocycles. The smallest absolute Gasteiger partial charge is 0.234 e. The molecule has 2 heterocycles. The minimum Gasteiger partial charge on any atom is -0.399 e. The first kappa shape index (κ1) is 10.9. The molecule has 5 nitrogen and oxygen atoms in total. The van der Waals surface area contributed by atoms with Gasteiger partial charge in [0, 0.05) is 18.0 Å². The fraction of sp³-hybridized carbons (Fsp3) is 0.308. The minimum absolute atomic E-state index is 0.567. The van der Waals surface area contributed by atoms with Gasteiger partial charge >= 0.3 is 0 Å². The Hall–Kier alpha value is -1.95. The van der Waals surface area contributed by atoms with Crippen LogP contribution in [0.5, 0.6) is 0 Å². The maximum Gasteiger partial charge on any atom is 0.234 e. The number of fused-ring (bicyclic) bond motifs is 1. The van der Waals surface area contributed by atoms with Crippen LogP contribution >= 0.6 is 11.3 Å². The first-order valence-corrected chi connectivity index (χ1v) is 7.17. The largest absolute Gasteiger partial charge is 0.399 e. The fourth-order valence-corrected chi connectivity index (χ4v) is 3.09. The van der Waals surface area contributed by atoms with E-state index in [1.807, 2.05) is 22.7 Å². The van der Waals surface area contributed by atoms with Gasteiger partial charge in [-0.25, -0.2) is 0 Å². The Morgan fingerprint density at radius 3 is 3.00 bits per heavy atom. The summed E-state index contributed by atoms with van der Waals surface area (Å²) >= 11 is 1.60. The van der Waals surface area contributed by atoms with Crippen LogP contribution in [0.15, 0.2) is 24.3 Å². The van der Waals surface area contributed by atoms with Crippen LogP contribution in [0, 0.1) is 0 Å². The van der Waals surface area contributed by atoms with Crippen LogP contribution in [0.4, 0.5) is 5.69 Å². The second-order valence-corrected chi connectivity index (χ2v) is 5.98. The van der Waals surface area contributed by atoms with Crippen molar-refractivity contribution in [3.63, 3.8) is 0 Å². The van der Waals surface area contributed by atoms with Crippen molar-refractivity contribution < 1.29 is 0 Å². The Balaban J connectivity index is 1.68. The molecule has 1 saturated carbocycles. The highest BCUT2D eigenvalue weighted by Gasteiger charge is 2.29. The molecular weight excluding hydrogens is 258 g/mol. The summed E-state index contributed by atoms with van der Waals surface area (Å²) in [5.74, 6) is 1.59. The Morgan fingerprint density at radius 1 is 1.32 bits per heavy atom. The molecule has 2 N–H and O–H groups in total. The topological polar surface area (TPSA) is 69.1 Å². The van der Waals surface area contributed by atoms with Crippen LogP contribution in [0.2, 0.25) is 0 Å². The zero-order valence-electron chi connectivity index (χ0n) is 10.3. The predicted octanol–water partition coefficient (Wildman–Crippen LogP) is 2.24. The molecule has 0 saturated heterocycles. The number of hydrogen-bond donors (Lipinski definition) is 1. The van der Waals surface area contributed by atoms with Gasteiger partial charge in [-0.1, -0.05) is 23.5 Å². The van der Waals surface area contributed by atoms with E-state index in [0.29, 0.717) is 5.92 Å². The van der Waals surface area contributed by atoms with Crippen molar-refractivity contribution in [2.45, 2.75) is 25.2 Å². The molecule has 1 aliphatic carbocycles. The van der Waals surface area contributed by atoms with Crippen molar-refractivity contribution in [2.75, 3.05) is 5.73 Å². The Bertz CT molecular complexity index is 740. The molecule has 0 unspecified atom stereocenters. The molecule has 1 aromatic carbocycles. The van der Waals surface area contributed by atoms with E-state index < -0.39 is 0 Å². The molecule has 96 valence electrons. The first-order chi connectivity index (χ1) is 9.29. The Labute approximate surface area is 114 Å². The second-order valence-electron chi connectivity index (χ2n) is 4.94. The molecule has 2 aromatic heterocycles. The number of anilines is 1. The highest BCUT2D eigenvalue weighted by molar-refractivity contribution is 7.16. The Kier molecular flexibility index (Phi) is 2.32. The van der Waals surface area contributed by atoms with Gasteiger partial charge in [-0.05, 0) is 30.5 Å². The minimum atomic E-state index is 0.567. The summed E-state index contributed by atoms with van der Waals surface area (Å²) in [7, 11) is 0.